The highest BCUT2D eigenvalue weighted by Crippen LogP contribution is 1.72. The van der Waals surface area contributed by atoms with Gasteiger partial charge in [0.05, 0.1) is 0 Å². The summed E-state index contributed by atoms with van der Waals surface area (Å²) in [6.07, 6.45) is 0.740. The molecule has 0 rings (SSSR count). The lowest BCUT2D eigenvalue weighted by molar-refractivity contribution is 0.291. The van der Waals surface area contributed by atoms with E-state index in [1.54, 1.807) is 0 Å². The molecule has 0 aromatic rings. The molecule has 0 unspecified atom stereocenters. The van der Waals surface area contributed by atoms with E-state index in [1.807, 2.05) is 0 Å². The lowest BCUT2D eigenvalue weighted by atomic mass is 10.5. The molecule has 6 heavy (non-hydrogen) atoms. The van der Waals surface area contributed by atoms with Gasteiger partial charge in [-0.1, -0.05) is 0 Å². The van der Waals surface area contributed by atoms with Gasteiger partial charge in [0, 0.05) is 13.2 Å². The second kappa shape index (κ2) is 4.63. The predicted molar refractivity (Wildman–Crippen MR) is 26.1 cm³/mol. The van der Waals surface area contributed by atoms with Crippen LogP contribution in [0.4, 0.5) is 0 Å². The molecular formula is C4H9NO. The minimum Gasteiger partial charge on any atom is -0.396 e. The van der Waals surface area contributed by atoms with Crippen LogP contribution < -0.4 is 0 Å². The molecular weight excluding hydrogens is 78.0 g/mol. The maximum Gasteiger partial charge on any atom is 0.0448 e. The molecule has 2 nitrogen and oxygen atoms in total. The van der Waals surface area contributed by atoms with Crippen molar-refractivity contribution in [2.45, 2.75) is 6.42 Å². The van der Waals surface area contributed by atoms with Gasteiger partial charge in [-0.3, -0.25) is 0 Å². The number of aliphatic hydroxyl groups is 1. The first-order valence-corrected chi connectivity index (χ1v) is 1.95. The summed E-state index contributed by atoms with van der Waals surface area (Å²) < 4.78 is 0. The van der Waals surface area contributed by atoms with Crippen LogP contribution in [0.25, 0.3) is 0 Å². The zero-order valence-electron chi connectivity index (χ0n) is 3.72. The van der Waals surface area contributed by atoms with Crippen LogP contribution in [0.1, 0.15) is 6.42 Å². The third-order valence-corrected chi connectivity index (χ3v) is 0.474. The number of nitrogens with zero attached hydrogens (tertiary/aromatic N) is 1. The Labute approximate surface area is 37.5 Å². The Morgan fingerprint density at radius 3 is 2.50 bits per heavy atom. The molecule has 0 spiro atoms. The second-order valence-electron chi connectivity index (χ2n) is 1.02. The number of hydrogen-bond donors (Lipinski definition) is 1. The zero-order chi connectivity index (χ0) is 4.83. The minimum atomic E-state index is 0.221. The third kappa shape index (κ3) is 3.63. The second-order valence-corrected chi connectivity index (χ2v) is 1.02. The highest BCUT2D eigenvalue weighted by atomic mass is 16.2. The molecule has 1 N–H and O–H groups in total. The molecule has 36 valence electrons. The average Bonchev–Trinajstić information content (AvgIpc) is 1.61. The summed E-state index contributed by atoms with van der Waals surface area (Å²) in [5, 5.41) is 8.11. The van der Waals surface area contributed by atoms with Gasteiger partial charge >= 0.3 is 0 Å². The van der Waals surface area contributed by atoms with E-state index < -0.39 is 0 Å². The van der Waals surface area contributed by atoms with Crippen molar-refractivity contribution in [2.24, 2.45) is 4.99 Å². The van der Waals surface area contributed by atoms with Gasteiger partial charge in [0.25, 0.3) is 0 Å². The van der Waals surface area contributed by atoms with E-state index in [2.05, 4.69) is 11.7 Å². The zero-order valence-corrected chi connectivity index (χ0v) is 3.72. The molecule has 0 aromatic carbocycles. The molecule has 0 aromatic heterocycles. The molecule has 0 aliphatic carbocycles. The van der Waals surface area contributed by atoms with Gasteiger partial charge in [0.2, 0.25) is 0 Å². The molecule has 0 amide bonds. The fourth-order valence-corrected chi connectivity index (χ4v) is 0.183. The quantitative estimate of drug-likeness (QED) is 0.383. The molecule has 0 heterocycles. The summed E-state index contributed by atoms with van der Waals surface area (Å²) in [6, 6.07) is 0. The van der Waals surface area contributed by atoms with Crippen LogP contribution in [0.5, 0.6) is 0 Å². The van der Waals surface area contributed by atoms with Crippen molar-refractivity contribution in [3.05, 3.63) is 0 Å². The Bertz CT molecular complexity index is 36.5. The predicted octanol–water partition coefficient (Wildman–Crippen LogP) is 0.0694. The SMILES string of the molecule is C=NCCCO. The molecule has 2 heteroatoms. The van der Waals surface area contributed by atoms with Crippen LogP contribution in [-0.4, -0.2) is 25.0 Å². The standard InChI is InChI=1S/C4H9NO/c1-5-3-2-4-6/h6H,1-4H2. The number of rotatable bonds is 3. The van der Waals surface area contributed by atoms with Crippen molar-refractivity contribution in [3.8, 4) is 0 Å². The monoisotopic (exact) mass is 87.1 g/mol. The van der Waals surface area contributed by atoms with E-state index in [9.17, 15) is 0 Å². The Morgan fingerprint density at radius 1 is 1.67 bits per heavy atom. The molecule has 0 atom stereocenters. The van der Waals surface area contributed by atoms with E-state index in [0.717, 1.165) is 6.42 Å². The van der Waals surface area contributed by atoms with Gasteiger partial charge in [-0.2, -0.15) is 0 Å². The van der Waals surface area contributed by atoms with Gasteiger partial charge in [-0.05, 0) is 13.1 Å². The normalized spacial score (nSPS) is 8.17. The first-order valence-electron chi connectivity index (χ1n) is 1.95. The van der Waals surface area contributed by atoms with E-state index in [-0.39, 0.29) is 6.61 Å². The highest BCUT2D eigenvalue weighted by molar-refractivity contribution is 5.22. The van der Waals surface area contributed by atoms with Gasteiger partial charge in [0.1, 0.15) is 0 Å². The summed E-state index contributed by atoms with van der Waals surface area (Å²) in [6.45, 7) is 4.14. The lowest BCUT2D eigenvalue weighted by Gasteiger charge is -1.82. The Balaban J connectivity index is 2.49. The third-order valence-electron chi connectivity index (χ3n) is 0.474. The van der Waals surface area contributed by atoms with E-state index in [4.69, 9.17) is 5.11 Å². The van der Waals surface area contributed by atoms with Crippen LogP contribution in [0.15, 0.2) is 4.99 Å². The van der Waals surface area contributed by atoms with Crippen molar-refractivity contribution in [2.75, 3.05) is 13.2 Å². The van der Waals surface area contributed by atoms with Crippen LogP contribution in [0.3, 0.4) is 0 Å². The smallest absolute Gasteiger partial charge is 0.0448 e. The highest BCUT2D eigenvalue weighted by Gasteiger charge is 1.73. The van der Waals surface area contributed by atoms with Crippen molar-refractivity contribution in [1.29, 1.82) is 0 Å². The summed E-state index contributed by atoms with van der Waals surface area (Å²) in [5.41, 5.74) is 0. The first kappa shape index (κ1) is 5.63. The molecule has 0 fully saturated rings. The lowest BCUT2D eigenvalue weighted by Crippen LogP contribution is -1.83. The van der Waals surface area contributed by atoms with Crippen molar-refractivity contribution < 1.29 is 5.11 Å². The van der Waals surface area contributed by atoms with E-state index >= 15 is 0 Å². The number of aliphatic imine (C=N–C) groups is 1. The van der Waals surface area contributed by atoms with Gasteiger partial charge in [-0.25, -0.2) is 0 Å². The summed E-state index contributed by atoms with van der Waals surface area (Å²) in [5.74, 6) is 0. The summed E-state index contributed by atoms with van der Waals surface area (Å²) >= 11 is 0. The maximum atomic E-state index is 8.11. The van der Waals surface area contributed by atoms with Crippen LogP contribution >= 0.6 is 0 Å². The Hall–Kier alpha value is -0.370. The summed E-state index contributed by atoms with van der Waals surface area (Å²) in [4.78, 5) is 3.52. The number of aliphatic hydroxyl groups excluding tert-OH is 1. The van der Waals surface area contributed by atoms with E-state index in [0.29, 0.717) is 6.54 Å². The minimum absolute atomic E-state index is 0.221. The first-order chi connectivity index (χ1) is 2.91. The molecule has 0 aliphatic rings. The molecule has 0 saturated heterocycles. The molecule has 0 radical (unpaired) electrons. The Kier molecular flexibility index (Phi) is 4.34. The van der Waals surface area contributed by atoms with Crippen LogP contribution in [0, 0.1) is 0 Å². The van der Waals surface area contributed by atoms with Crippen molar-refractivity contribution in [1.82, 2.24) is 0 Å². The maximum absolute atomic E-state index is 8.11. The van der Waals surface area contributed by atoms with Gasteiger partial charge < -0.3 is 10.1 Å². The average molecular weight is 87.1 g/mol. The largest absolute Gasteiger partial charge is 0.396 e. The Morgan fingerprint density at radius 2 is 2.33 bits per heavy atom. The fraction of sp³-hybridized carbons (Fsp3) is 0.750. The van der Waals surface area contributed by atoms with Gasteiger partial charge in [-0.15, -0.1) is 0 Å². The van der Waals surface area contributed by atoms with Crippen molar-refractivity contribution >= 4 is 6.72 Å². The number of hydrogen-bond acceptors (Lipinski definition) is 2. The van der Waals surface area contributed by atoms with Crippen LogP contribution in [0.2, 0.25) is 0 Å². The van der Waals surface area contributed by atoms with E-state index in [1.165, 1.54) is 0 Å². The molecule has 0 aliphatic heterocycles. The topological polar surface area (TPSA) is 32.6 Å². The van der Waals surface area contributed by atoms with Crippen molar-refractivity contribution in [3.63, 3.8) is 0 Å². The van der Waals surface area contributed by atoms with Gasteiger partial charge in [0.15, 0.2) is 0 Å². The molecule has 0 saturated carbocycles. The fourth-order valence-electron chi connectivity index (χ4n) is 0.183. The van der Waals surface area contributed by atoms with Crippen LogP contribution in [-0.2, 0) is 0 Å². The summed E-state index contributed by atoms with van der Waals surface area (Å²) in [7, 11) is 0. The molecule has 0 bridgehead atoms.